The lowest BCUT2D eigenvalue weighted by Crippen LogP contribution is -2.36. The molecule has 0 aliphatic rings. The molecule has 2 aromatic rings. The topological polar surface area (TPSA) is 52.6 Å². The Morgan fingerprint density at radius 1 is 1.14 bits per heavy atom. The third-order valence-corrected chi connectivity index (χ3v) is 5.49. The van der Waals surface area contributed by atoms with Crippen molar-refractivity contribution in [3.63, 3.8) is 0 Å². The van der Waals surface area contributed by atoms with E-state index in [1.54, 1.807) is 11.3 Å². The van der Waals surface area contributed by atoms with Gasteiger partial charge in [-0.2, -0.15) is 0 Å². The lowest BCUT2D eigenvalue weighted by molar-refractivity contribution is 0.296. The van der Waals surface area contributed by atoms with Gasteiger partial charge < -0.3 is 10.6 Å². The molecule has 6 heteroatoms. The largest absolute Gasteiger partial charge is 0.357 e. The van der Waals surface area contributed by atoms with Crippen LogP contribution in [-0.2, 0) is 19.6 Å². The van der Waals surface area contributed by atoms with E-state index in [0.717, 1.165) is 42.8 Å². The third kappa shape index (κ3) is 7.24. The summed E-state index contributed by atoms with van der Waals surface area (Å²) in [6.45, 7) is 16.2. The fourth-order valence-electron chi connectivity index (χ4n) is 2.87. The van der Waals surface area contributed by atoms with E-state index in [1.165, 1.54) is 11.1 Å². The van der Waals surface area contributed by atoms with Crippen molar-refractivity contribution in [1.29, 1.82) is 0 Å². The first-order valence-electron chi connectivity index (χ1n) is 10.3. The van der Waals surface area contributed by atoms with Crippen LogP contribution < -0.4 is 10.6 Å². The number of benzene rings is 1. The zero-order valence-electron chi connectivity index (χ0n) is 18.0. The number of nitrogens with zero attached hydrogens (tertiary/aromatic N) is 3. The van der Waals surface area contributed by atoms with Crippen molar-refractivity contribution < 1.29 is 0 Å². The van der Waals surface area contributed by atoms with Crippen molar-refractivity contribution in [2.24, 2.45) is 4.99 Å². The molecule has 0 unspecified atom stereocenters. The molecular formula is C22H35N5S. The summed E-state index contributed by atoms with van der Waals surface area (Å²) in [5.74, 6) is 1.30. The number of hydrogen-bond donors (Lipinski definition) is 2. The molecule has 0 spiro atoms. The van der Waals surface area contributed by atoms with Gasteiger partial charge in [0.05, 0.1) is 18.8 Å². The number of thiazole rings is 1. The van der Waals surface area contributed by atoms with Crippen LogP contribution >= 0.6 is 11.3 Å². The van der Waals surface area contributed by atoms with Gasteiger partial charge in [-0.25, -0.2) is 9.98 Å². The quantitative estimate of drug-likeness (QED) is 0.459. The van der Waals surface area contributed by atoms with Crippen molar-refractivity contribution in [3.8, 4) is 0 Å². The molecule has 28 heavy (non-hydrogen) atoms. The SMILES string of the molecule is CCNC(=NCc1cccc(CN(CC)CC)c1)NCc1nc(C(C)C)cs1. The maximum Gasteiger partial charge on any atom is 0.191 e. The summed E-state index contributed by atoms with van der Waals surface area (Å²) in [6, 6.07) is 8.74. The molecule has 0 saturated heterocycles. The van der Waals surface area contributed by atoms with Crippen LogP contribution in [0.3, 0.4) is 0 Å². The summed E-state index contributed by atoms with van der Waals surface area (Å²) < 4.78 is 0. The highest BCUT2D eigenvalue weighted by molar-refractivity contribution is 7.09. The van der Waals surface area contributed by atoms with E-state index in [1.807, 2.05) is 0 Å². The highest BCUT2D eigenvalue weighted by atomic mass is 32.1. The first-order chi connectivity index (χ1) is 13.5. The fraction of sp³-hybridized carbons (Fsp3) is 0.545. The van der Waals surface area contributed by atoms with E-state index in [9.17, 15) is 0 Å². The minimum Gasteiger partial charge on any atom is -0.357 e. The van der Waals surface area contributed by atoms with Gasteiger partial charge in [-0.15, -0.1) is 11.3 Å². The molecule has 0 saturated carbocycles. The summed E-state index contributed by atoms with van der Waals surface area (Å²) in [6.07, 6.45) is 0. The Balaban J connectivity index is 1.97. The molecule has 0 fully saturated rings. The molecule has 0 bridgehead atoms. The minimum absolute atomic E-state index is 0.468. The molecule has 0 atom stereocenters. The van der Waals surface area contributed by atoms with Gasteiger partial charge in [0.2, 0.25) is 0 Å². The van der Waals surface area contributed by atoms with E-state index in [4.69, 9.17) is 4.99 Å². The van der Waals surface area contributed by atoms with Gasteiger partial charge in [-0.1, -0.05) is 52.0 Å². The Bertz CT molecular complexity index is 734. The van der Waals surface area contributed by atoms with Crippen LogP contribution in [0.25, 0.3) is 0 Å². The molecule has 154 valence electrons. The van der Waals surface area contributed by atoms with Gasteiger partial charge in [0.25, 0.3) is 0 Å². The van der Waals surface area contributed by atoms with Gasteiger partial charge >= 0.3 is 0 Å². The highest BCUT2D eigenvalue weighted by Gasteiger charge is 2.07. The summed E-state index contributed by atoms with van der Waals surface area (Å²) in [4.78, 5) is 11.9. The summed E-state index contributed by atoms with van der Waals surface area (Å²) >= 11 is 1.70. The number of rotatable bonds is 10. The smallest absolute Gasteiger partial charge is 0.191 e. The molecular weight excluding hydrogens is 366 g/mol. The predicted molar refractivity (Wildman–Crippen MR) is 121 cm³/mol. The average Bonchev–Trinajstić information content (AvgIpc) is 3.18. The second-order valence-corrected chi connectivity index (χ2v) is 8.09. The van der Waals surface area contributed by atoms with Crippen molar-refractivity contribution in [2.45, 2.75) is 60.2 Å². The van der Waals surface area contributed by atoms with Crippen LogP contribution in [0.5, 0.6) is 0 Å². The van der Waals surface area contributed by atoms with Gasteiger partial charge in [-0.3, -0.25) is 4.90 Å². The molecule has 1 heterocycles. The van der Waals surface area contributed by atoms with Crippen molar-refractivity contribution in [1.82, 2.24) is 20.5 Å². The molecule has 0 aliphatic carbocycles. The first kappa shape index (κ1) is 22.4. The number of nitrogens with one attached hydrogen (secondary N) is 2. The van der Waals surface area contributed by atoms with E-state index in [0.29, 0.717) is 19.0 Å². The van der Waals surface area contributed by atoms with Crippen molar-refractivity contribution in [3.05, 3.63) is 51.5 Å². The van der Waals surface area contributed by atoms with Crippen LogP contribution in [0.1, 0.15) is 62.4 Å². The molecule has 0 radical (unpaired) electrons. The zero-order chi connectivity index (χ0) is 20.4. The van der Waals surface area contributed by atoms with E-state index >= 15 is 0 Å². The normalized spacial score (nSPS) is 12.0. The lowest BCUT2D eigenvalue weighted by atomic mass is 10.1. The number of aliphatic imine (C=N–C) groups is 1. The van der Waals surface area contributed by atoms with Crippen LogP contribution in [0.4, 0.5) is 0 Å². The van der Waals surface area contributed by atoms with Gasteiger partial charge in [0.15, 0.2) is 5.96 Å². The van der Waals surface area contributed by atoms with E-state index < -0.39 is 0 Å². The van der Waals surface area contributed by atoms with Gasteiger partial charge in [0.1, 0.15) is 5.01 Å². The summed E-state index contributed by atoms with van der Waals surface area (Å²) in [5, 5.41) is 9.97. The second kappa shape index (κ2) is 11.8. The lowest BCUT2D eigenvalue weighted by Gasteiger charge is -2.18. The second-order valence-electron chi connectivity index (χ2n) is 7.15. The Morgan fingerprint density at radius 3 is 2.54 bits per heavy atom. The Labute approximate surface area is 174 Å². The van der Waals surface area contributed by atoms with Crippen LogP contribution in [0, 0.1) is 0 Å². The summed E-state index contributed by atoms with van der Waals surface area (Å²) in [5.41, 5.74) is 3.74. The maximum atomic E-state index is 4.76. The first-order valence-corrected chi connectivity index (χ1v) is 11.2. The van der Waals surface area contributed by atoms with Crippen molar-refractivity contribution >= 4 is 17.3 Å². The molecule has 0 amide bonds. The zero-order valence-corrected chi connectivity index (χ0v) is 18.8. The number of guanidine groups is 1. The van der Waals surface area contributed by atoms with Crippen molar-refractivity contribution in [2.75, 3.05) is 19.6 Å². The molecule has 2 rings (SSSR count). The monoisotopic (exact) mass is 401 g/mol. The Kier molecular flexibility index (Phi) is 9.44. The predicted octanol–water partition coefficient (Wildman–Crippen LogP) is 4.36. The molecule has 5 nitrogen and oxygen atoms in total. The van der Waals surface area contributed by atoms with Crippen LogP contribution in [-0.4, -0.2) is 35.5 Å². The molecule has 2 N–H and O–H groups in total. The van der Waals surface area contributed by atoms with E-state index in [-0.39, 0.29) is 0 Å². The van der Waals surface area contributed by atoms with Crippen LogP contribution in [0.2, 0.25) is 0 Å². The molecule has 1 aromatic heterocycles. The average molecular weight is 402 g/mol. The standard InChI is InChI=1S/C22H35N5S/c1-6-23-22(25-14-21-26-20(16-28-21)17(4)5)24-13-18-10-9-11-19(12-18)15-27(7-2)8-3/h9-12,16-17H,6-8,13-15H2,1-5H3,(H2,23,24,25). The fourth-order valence-corrected chi connectivity index (χ4v) is 3.77. The van der Waals surface area contributed by atoms with Gasteiger partial charge in [-0.05, 0) is 37.1 Å². The highest BCUT2D eigenvalue weighted by Crippen LogP contribution is 2.17. The van der Waals surface area contributed by atoms with Crippen LogP contribution in [0.15, 0.2) is 34.6 Å². The maximum absolute atomic E-state index is 4.76. The third-order valence-electron chi connectivity index (χ3n) is 4.62. The number of aromatic nitrogens is 1. The summed E-state index contributed by atoms with van der Waals surface area (Å²) in [7, 11) is 0. The number of hydrogen-bond acceptors (Lipinski definition) is 4. The Hall–Kier alpha value is -1.92. The molecule has 1 aromatic carbocycles. The van der Waals surface area contributed by atoms with E-state index in [2.05, 4.69) is 84.8 Å². The molecule has 0 aliphatic heterocycles. The van der Waals surface area contributed by atoms with Gasteiger partial charge in [0, 0.05) is 18.5 Å². The Morgan fingerprint density at radius 2 is 1.89 bits per heavy atom. The minimum atomic E-state index is 0.468.